The Morgan fingerprint density at radius 3 is 1.52 bits per heavy atom. The summed E-state index contributed by atoms with van der Waals surface area (Å²) in [7, 11) is 0. The third kappa shape index (κ3) is 2.46. The summed E-state index contributed by atoms with van der Waals surface area (Å²) >= 11 is 0. The van der Waals surface area contributed by atoms with Gasteiger partial charge in [-0.25, -0.2) is 0 Å². The van der Waals surface area contributed by atoms with Gasteiger partial charge in [-0.05, 0) is 23.3 Å². The van der Waals surface area contributed by atoms with Gasteiger partial charge in [-0.3, -0.25) is 19.6 Å². The van der Waals surface area contributed by atoms with E-state index >= 15 is 0 Å². The number of esters is 2. The zero-order valence-corrected chi connectivity index (χ0v) is 17.7. The molecule has 6 rings (SSSR count). The first-order valence-corrected chi connectivity index (χ1v) is 10.3. The van der Waals surface area contributed by atoms with Gasteiger partial charge in [-0.2, -0.15) is 0 Å². The van der Waals surface area contributed by atoms with E-state index in [1.807, 2.05) is 12.1 Å². The SMILES string of the molecule is CC(C)(C)c1ccc2c(n1)C1c3nc(C(C)(C)C)ccc3C2C2C(=O)OC(=O)[C@H]12. The van der Waals surface area contributed by atoms with Crippen LogP contribution in [0.3, 0.4) is 0 Å². The van der Waals surface area contributed by atoms with Crippen LogP contribution < -0.4 is 0 Å². The number of aromatic nitrogens is 2. The van der Waals surface area contributed by atoms with Crippen molar-refractivity contribution >= 4 is 11.9 Å². The van der Waals surface area contributed by atoms with Gasteiger partial charge < -0.3 is 4.74 Å². The van der Waals surface area contributed by atoms with Crippen LogP contribution in [0.25, 0.3) is 0 Å². The van der Waals surface area contributed by atoms with E-state index in [2.05, 4.69) is 53.7 Å². The van der Waals surface area contributed by atoms with E-state index in [0.717, 1.165) is 33.9 Å². The molecule has 0 aromatic carbocycles. The van der Waals surface area contributed by atoms with Crippen molar-refractivity contribution in [2.75, 3.05) is 0 Å². The predicted octanol–water partition coefficient (Wildman–Crippen LogP) is 3.98. The first kappa shape index (κ1) is 18.5. The molecule has 5 nitrogen and oxygen atoms in total. The highest BCUT2D eigenvalue weighted by Gasteiger charge is 2.62. The van der Waals surface area contributed by atoms with Crippen LogP contribution in [0, 0.1) is 11.8 Å². The second-order valence-electron chi connectivity index (χ2n) is 10.6. The summed E-state index contributed by atoms with van der Waals surface area (Å²) in [5.41, 5.74) is 5.59. The topological polar surface area (TPSA) is 69.2 Å². The molecule has 0 N–H and O–H groups in total. The van der Waals surface area contributed by atoms with Gasteiger partial charge in [0.1, 0.15) is 0 Å². The lowest BCUT2D eigenvalue weighted by atomic mass is 9.57. The van der Waals surface area contributed by atoms with Crippen LogP contribution in [-0.2, 0) is 25.2 Å². The zero-order valence-electron chi connectivity index (χ0n) is 17.7. The number of ether oxygens (including phenoxy) is 1. The smallest absolute Gasteiger partial charge is 0.318 e. The van der Waals surface area contributed by atoms with E-state index in [9.17, 15) is 9.59 Å². The van der Waals surface area contributed by atoms with Gasteiger partial charge in [0.15, 0.2) is 0 Å². The average Bonchev–Trinajstić information content (AvgIpc) is 2.94. The maximum Gasteiger partial charge on any atom is 0.318 e. The number of carbonyl (C=O) groups is 2. The van der Waals surface area contributed by atoms with Gasteiger partial charge in [0.05, 0.1) is 29.1 Å². The molecule has 0 amide bonds. The Bertz CT molecular complexity index is 1010. The van der Waals surface area contributed by atoms with E-state index in [4.69, 9.17) is 14.7 Å². The number of rotatable bonds is 0. The van der Waals surface area contributed by atoms with Gasteiger partial charge in [-0.15, -0.1) is 0 Å². The second kappa shape index (κ2) is 5.53. The number of cyclic esters (lactones) is 2. The van der Waals surface area contributed by atoms with Crippen molar-refractivity contribution in [2.45, 2.75) is 64.2 Å². The summed E-state index contributed by atoms with van der Waals surface area (Å²) in [4.78, 5) is 35.3. The number of hydrogen-bond donors (Lipinski definition) is 0. The standard InChI is InChI=1S/C24H26N2O3/c1-23(2,3)13-9-7-11-15-12-8-10-14(24(4,5)6)26-20(12)18(19(11)25-13)17-16(15)21(27)29-22(17)28/h7-10,15-18H,1-6H3/t15?,16?,17-,18?/m0/s1. The fourth-order valence-corrected chi connectivity index (χ4v) is 5.07. The van der Waals surface area contributed by atoms with E-state index in [0.29, 0.717) is 0 Å². The van der Waals surface area contributed by atoms with Crippen LogP contribution in [0.4, 0.5) is 0 Å². The minimum atomic E-state index is -0.530. The Morgan fingerprint density at radius 1 is 0.690 bits per heavy atom. The molecule has 1 unspecified atom stereocenters. The van der Waals surface area contributed by atoms with Crippen molar-refractivity contribution in [3.63, 3.8) is 0 Å². The monoisotopic (exact) mass is 390 g/mol. The summed E-state index contributed by atoms with van der Waals surface area (Å²) in [6.07, 6.45) is 0. The van der Waals surface area contributed by atoms with Gasteiger partial charge in [0.2, 0.25) is 0 Å². The van der Waals surface area contributed by atoms with Crippen LogP contribution in [0.2, 0.25) is 0 Å². The molecule has 1 saturated heterocycles. The Kier molecular flexibility index (Phi) is 3.52. The maximum atomic E-state index is 12.7. The van der Waals surface area contributed by atoms with Crippen LogP contribution in [0.15, 0.2) is 24.3 Å². The van der Waals surface area contributed by atoms with Crippen LogP contribution in [-0.4, -0.2) is 21.9 Å². The Morgan fingerprint density at radius 2 is 1.10 bits per heavy atom. The highest BCUT2D eigenvalue weighted by Crippen LogP contribution is 2.60. The summed E-state index contributed by atoms with van der Waals surface area (Å²) in [5, 5.41) is 0. The molecule has 1 aliphatic heterocycles. The summed E-state index contributed by atoms with van der Waals surface area (Å²) in [6, 6.07) is 8.28. The summed E-state index contributed by atoms with van der Waals surface area (Å²) in [6.45, 7) is 12.8. The van der Waals surface area contributed by atoms with E-state index in [1.54, 1.807) is 0 Å². The molecule has 29 heavy (non-hydrogen) atoms. The second-order valence-corrected chi connectivity index (χ2v) is 10.6. The highest BCUT2D eigenvalue weighted by atomic mass is 16.6. The van der Waals surface area contributed by atoms with Crippen LogP contribution >= 0.6 is 0 Å². The van der Waals surface area contributed by atoms with Crippen molar-refractivity contribution in [3.8, 4) is 0 Å². The fraction of sp³-hybridized carbons (Fsp3) is 0.500. The van der Waals surface area contributed by atoms with Crippen molar-refractivity contribution < 1.29 is 14.3 Å². The molecule has 5 heteroatoms. The summed E-state index contributed by atoms with van der Waals surface area (Å²) in [5.74, 6) is -2.41. The van der Waals surface area contributed by atoms with Gasteiger partial charge in [0, 0.05) is 28.1 Å². The van der Waals surface area contributed by atoms with Gasteiger partial charge in [-0.1, -0.05) is 53.7 Å². The molecule has 3 aliphatic carbocycles. The Labute approximate surface area is 170 Å². The molecule has 2 aromatic heterocycles. The average molecular weight is 390 g/mol. The molecule has 150 valence electrons. The first-order chi connectivity index (χ1) is 13.5. The zero-order chi connectivity index (χ0) is 20.9. The normalized spacial score (nSPS) is 27.4. The van der Waals surface area contributed by atoms with Gasteiger partial charge in [0.25, 0.3) is 0 Å². The molecule has 3 heterocycles. The highest BCUT2D eigenvalue weighted by molar-refractivity contribution is 5.99. The van der Waals surface area contributed by atoms with Gasteiger partial charge >= 0.3 is 11.9 Å². The molecule has 1 fully saturated rings. The predicted molar refractivity (Wildman–Crippen MR) is 108 cm³/mol. The fourth-order valence-electron chi connectivity index (χ4n) is 5.07. The van der Waals surface area contributed by atoms with Crippen molar-refractivity contribution in [2.24, 2.45) is 11.8 Å². The third-order valence-electron chi connectivity index (χ3n) is 6.56. The number of carbonyl (C=O) groups excluding carboxylic acids is 2. The molecule has 0 spiro atoms. The molecule has 2 bridgehead atoms. The van der Waals surface area contributed by atoms with E-state index in [-0.39, 0.29) is 22.7 Å². The first-order valence-electron chi connectivity index (χ1n) is 10.3. The lowest BCUT2D eigenvalue weighted by molar-refractivity contribution is -0.153. The minimum absolute atomic E-state index is 0.110. The van der Waals surface area contributed by atoms with E-state index < -0.39 is 23.8 Å². The molecule has 4 aliphatic rings. The lowest BCUT2D eigenvalue weighted by Crippen LogP contribution is -2.43. The largest absolute Gasteiger partial charge is 0.393 e. The van der Waals surface area contributed by atoms with Crippen molar-refractivity contribution in [3.05, 3.63) is 58.2 Å². The molecular formula is C24H26N2O3. The molecule has 2 atom stereocenters. The molecule has 0 radical (unpaired) electrons. The third-order valence-corrected chi connectivity index (χ3v) is 6.56. The number of hydrogen-bond acceptors (Lipinski definition) is 5. The van der Waals surface area contributed by atoms with Crippen molar-refractivity contribution in [1.82, 2.24) is 9.97 Å². The quantitative estimate of drug-likeness (QED) is 0.503. The molecular weight excluding hydrogens is 364 g/mol. The van der Waals surface area contributed by atoms with E-state index in [1.165, 1.54) is 0 Å². The van der Waals surface area contributed by atoms with Crippen molar-refractivity contribution in [1.29, 1.82) is 0 Å². The van der Waals surface area contributed by atoms with Crippen LogP contribution in [0.1, 0.15) is 87.3 Å². The number of nitrogens with zero attached hydrogens (tertiary/aromatic N) is 2. The number of pyridine rings is 2. The Balaban J connectivity index is 1.79. The summed E-state index contributed by atoms with van der Waals surface area (Å²) < 4.78 is 5.11. The van der Waals surface area contributed by atoms with Crippen LogP contribution in [0.5, 0.6) is 0 Å². The minimum Gasteiger partial charge on any atom is -0.393 e. The lowest BCUT2D eigenvalue weighted by Gasteiger charge is -2.44. The maximum absolute atomic E-state index is 12.7. The molecule has 2 aromatic rings. The Hall–Kier alpha value is -2.56. The molecule has 0 saturated carbocycles.